The van der Waals surface area contributed by atoms with Crippen molar-refractivity contribution in [1.82, 2.24) is 24.9 Å². The van der Waals surface area contributed by atoms with E-state index in [2.05, 4.69) is 37.2 Å². The van der Waals surface area contributed by atoms with Crippen molar-refractivity contribution in [3.63, 3.8) is 0 Å². The number of alkyl halides is 3. The summed E-state index contributed by atoms with van der Waals surface area (Å²) in [7, 11) is 0. The molecule has 6 rings (SSSR count). The van der Waals surface area contributed by atoms with E-state index in [1.165, 1.54) is 11.8 Å². The van der Waals surface area contributed by atoms with E-state index >= 15 is 0 Å². The van der Waals surface area contributed by atoms with Gasteiger partial charge >= 0.3 is 12.3 Å². The highest BCUT2D eigenvalue weighted by Gasteiger charge is 2.38. The topological polar surface area (TPSA) is 109 Å². The van der Waals surface area contributed by atoms with Gasteiger partial charge in [0.05, 0.1) is 0 Å². The van der Waals surface area contributed by atoms with E-state index in [0.717, 1.165) is 42.1 Å². The third-order valence-electron chi connectivity index (χ3n) is 9.33. The van der Waals surface area contributed by atoms with Crippen molar-refractivity contribution in [3.8, 4) is 11.1 Å². The molecule has 3 aromatic heterocycles. The van der Waals surface area contributed by atoms with Crippen molar-refractivity contribution >= 4 is 35.4 Å². The number of anilines is 3. The second-order valence-electron chi connectivity index (χ2n) is 12.9. The summed E-state index contributed by atoms with van der Waals surface area (Å²) in [6, 6.07) is 12.9. The van der Waals surface area contributed by atoms with Crippen LogP contribution in [0.1, 0.15) is 63.0 Å². The molecular weight excluding hydrogens is 666 g/mol. The molecule has 1 saturated carbocycles. The Morgan fingerprint density at radius 1 is 0.920 bits per heavy atom. The Hall–Kier alpha value is -4.46. The van der Waals surface area contributed by atoms with Gasteiger partial charge in [0.25, 0.3) is 0 Å². The molecule has 1 unspecified atom stereocenters. The fourth-order valence-corrected chi connectivity index (χ4v) is 6.82. The fraction of sp³-hybridized carbons (Fsp3) is 0.444. The van der Waals surface area contributed by atoms with Crippen LogP contribution in [0.25, 0.3) is 11.1 Å². The molecule has 1 amide bonds. The molecule has 1 atom stereocenters. The molecule has 264 valence electrons. The molecule has 1 aromatic carbocycles. The van der Waals surface area contributed by atoms with E-state index in [0.29, 0.717) is 55.7 Å². The van der Waals surface area contributed by atoms with Crippen molar-refractivity contribution in [1.29, 1.82) is 0 Å². The lowest BCUT2D eigenvalue weighted by Gasteiger charge is -2.36. The van der Waals surface area contributed by atoms with Crippen molar-refractivity contribution in [2.75, 3.05) is 34.5 Å². The monoisotopic (exact) mass is 706 g/mol. The van der Waals surface area contributed by atoms with Crippen LogP contribution in [0.3, 0.4) is 0 Å². The maximum absolute atomic E-state index is 14.0. The molecule has 14 heteroatoms. The first-order valence-corrected chi connectivity index (χ1v) is 18.2. The zero-order valence-electron chi connectivity index (χ0n) is 28.1. The van der Waals surface area contributed by atoms with Gasteiger partial charge in [-0.25, -0.2) is 24.7 Å². The molecule has 4 heterocycles. The van der Waals surface area contributed by atoms with Crippen molar-refractivity contribution in [3.05, 3.63) is 78.4 Å². The van der Waals surface area contributed by atoms with Crippen LogP contribution in [0, 0.1) is 5.92 Å². The van der Waals surface area contributed by atoms with E-state index in [4.69, 9.17) is 4.74 Å². The number of thioether (sulfide) groups is 1. The highest BCUT2D eigenvalue weighted by Crippen LogP contribution is 2.37. The van der Waals surface area contributed by atoms with Gasteiger partial charge in [-0.1, -0.05) is 49.0 Å². The van der Waals surface area contributed by atoms with Crippen molar-refractivity contribution < 1.29 is 22.7 Å². The number of carbonyl (C=O) groups is 1. The van der Waals surface area contributed by atoms with Gasteiger partial charge in [-0.05, 0) is 74.8 Å². The number of hydrogen-bond donors (Lipinski definition) is 1. The fourth-order valence-electron chi connectivity index (χ4n) is 6.51. The van der Waals surface area contributed by atoms with Gasteiger partial charge in [-0.2, -0.15) is 18.2 Å². The van der Waals surface area contributed by atoms with Gasteiger partial charge in [0.15, 0.2) is 5.16 Å². The van der Waals surface area contributed by atoms with Crippen molar-refractivity contribution in [2.45, 2.75) is 81.9 Å². The number of ether oxygens (including phenoxy) is 1. The average molecular weight is 707 g/mol. The van der Waals surface area contributed by atoms with E-state index in [1.807, 2.05) is 42.7 Å². The third kappa shape index (κ3) is 8.82. The summed E-state index contributed by atoms with van der Waals surface area (Å²) >= 11 is 1.46. The molecule has 0 radical (unpaired) electrons. The molecule has 4 aromatic rings. The standard InChI is InChI=1S/C36H41F3N8O2S/c1-24-7-6-17-46(18-16-24)32-30(36(37,38)39)22-41-33(45-32)44-28-11-13-29(14-12-28)47(35(48)49-23-25-8-4-3-5-9-25)31-15-10-26(19-40-31)27-20-42-34(50-2)43-21-27/h3-5,8-10,15,19-22,24,28-29H,6-7,11-14,16-18,23H2,1-2H3,(H,41,44,45). The van der Waals surface area contributed by atoms with Crippen LogP contribution in [0.2, 0.25) is 0 Å². The lowest BCUT2D eigenvalue weighted by molar-refractivity contribution is -0.137. The highest BCUT2D eigenvalue weighted by atomic mass is 32.2. The first kappa shape index (κ1) is 35.4. The number of carbonyl (C=O) groups excluding carboxylic acids is 1. The number of nitrogens with one attached hydrogen (secondary N) is 1. The highest BCUT2D eigenvalue weighted by molar-refractivity contribution is 7.98. The predicted molar refractivity (Wildman–Crippen MR) is 188 cm³/mol. The lowest BCUT2D eigenvalue weighted by atomic mass is 9.90. The smallest absolute Gasteiger partial charge is 0.421 e. The Morgan fingerprint density at radius 2 is 1.66 bits per heavy atom. The molecule has 50 heavy (non-hydrogen) atoms. The first-order valence-electron chi connectivity index (χ1n) is 17.0. The van der Waals surface area contributed by atoms with E-state index < -0.39 is 17.8 Å². The van der Waals surface area contributed by atoms with Crippen LogP contribution < -0.4 is 15.1 Å². The van der Waals surface area contributed by atoms with Crippen LogP contribution in [-0.4, -0.2) is 62.4 Å². The number of halogens is 3. The molecule has 10 nitrogen and oxygen atoms in total. The number of rotatable bonds is 9. The van der Waals surface area contributed by atoms with Crippen LogP contribution in [0.5, 0.6) is 0 Å². The Kier molecular flexibility index (Phi) is 11.4. The summed E-state index contributed by atoms with van der Waals surface area (Å²) in [6.45, 7) is 3.30. The second kappa shape index (κ2) is 16.0. The molecule has 1 N–H and O–H groups in total. The second-order valence-corrected chi connectivity index (χ2v) is 13.6. The lowest BCUT2D eigenvalue weighted by Crippen LogP contribution is -2.45. The van der Waals surface area contributed by atoms with Gasteiger partial charge in [-0.15, -0.1) is 0 Å². The van der Waals surface area contributed by atoms with Crippen LogP contribution in [0.15, 0.2) is 72.4 Å². The van der Waals surface area contributed by atoms with Gasteiger partial charge in [0.2, 0.25) is 5.95 Å². The first-order chi connectivity index (χ1) is 24.2. The SMILES string of the molecule is CSc1ncc(-c2ccc(N(C(=O)OCc3ccccc3)C3CCC(Nc4ncc(C(F)(F)F)c(N5CCCC(C)CC5)n4)CC3)nc2)cn1. The van der Waals surface area contributed by atoms with Crippen LogP contribution in [0.4, 0.5) is 35.5 Å². The Morgan fingerprint density at radius 3 is 2.34 bits per heavy atom. The zero-order valence-corrected chi connectivity index (χ0v) is 29.0. The minimum Gasteiger partial charge on any atom is -0.444 e. The predicted octanol–water partition coefficient (Wildman–Crippen LogP) is 8.26. The van der Waals surface area contributed by atoms with Crippen LogP contribution in [-0.2, 0) is 17.5 Å². The zero-order chi connectivity index (χ0) is 35.1. The quantitative estimate of drug-likeness (QED) is 0.135. The Labute approximate surface area is 294 Å². The molecule has 2 aliphatic rings. The van der Waals surface area contributed by atoms with E-state index in [-0.39, 0.29) is 30.5 Å². The van der Waals surface area contributed by atoms with Gasteiger partial charge in [-0.3, -0.25) is 4.90 Å². The number of benzene rings is 1. The minimum atomic E-state index is -4.55. The summed E-state index contributed by atoms with van der Waals surface area (Å²) < 4.78 is 47.8. The Balaban J connectivity index is 1.16. The summed E-state index contributed by atoms with van der Waals surface area (Å²) in [5.41, 5.74) is 1.69. The number of hydrogen-bond acceptors (Lipinski definition) is 10. The number of nitrogens with zero attached hydrogens (tertiary/aromatic N) is 7. The summed E-state index contributed by atoms with van der Waals surface area (Å²) in [5, 5.41) is 3.97. The molecule has 0 spiro atoms. The molecule has 2 fully saturated rings. The van der Waals surface area contributed by atoms with Gasteiger partial charge < -0.3 is 15.0 Å². The summed E-state index contributed by atoms with van der Waals surface area (Å²) in [4.78, 5) is 38.9. The summed E-state index contributed by atoms with van der Waals surface area (Å²) in [5.74, 6) is 1.04. The van der Waals surface area contributed by atoms with Crippen LogP contribution >= 0.6 is 11.8 Å². The normalized spacial score (nSPS) is 19.8. The van der Waals surface area contributed by atoms with Gasteiger partial charge in [0, 0.05) is 61.1 Å². The molecular formula is C36H41F3N8O2S. The Bertz CT molecular complexity index is 1710. The van der Waals surface area contributed by atoms with E-state index in [9.17, 15) is 18.0 Å². The molecule has 1 aliphatic heterocycles. The minimum absolute atomic E-state index is 0.0635. The van der Waals surface area contributed by atoms with Gasteiger partial charge in [0.1, 0.15) is 23.8 Å². The molecule has 0 bridgehead atoms. The maximum Gasteiger partial charge on any atom is 0.421 e. The molecule has 1 saturated heterocycles. The van der Waals surface area contributed by atoms with E-state index in [1.54, 1.807) is 34.5 Å². The number of pyridine rings is 1. The van der Waals surface area contributed by atoms with Crippen molar-refractivity contribution in [2.24, 2.45) is 5.92 Å². The number of amides is 1. The summed E-state index contributed by atoms with van der Waals surface area (Å²) in [6.07, 6.45) is 8.07. The third-order valence-corrected chi connectivity index (χ3v) is 9.90. The maximum atomic E-state index is 14.0. The largest absolute Gasteiger partial charge is 0.444 e. The number of aromatic nitrogens is 5. The molecule has 1 aliphatic carbocycles. The average Bonchev–Trinajstić information content (AvgIpc) is 3.36.